The molecule has 0 bridgehead atoms. The number of fused-ring (bicyclic) bond motifs is 2. The van der Waals surface area contributed by atoms with Crippen LogP contribution in [0.1, 0.15) is 11.1 Å². The topological polar surface area (TPSA) is 114 Å². The third-order valence-corrected chi connectivity index (χ3v) is 4.86. The molecule has 0 saturated carbocycles. The Hall–Kier alpha value is -4.45. The smallest absolute Gasteiger partial charge is 0.328 e. The van der Waals surface area contributed by atoms with Gasteiger partial charge in [0.25, 0.3) is 0 Å². The monoisotopic (exact) mass is 397 g/mol. The van der Waals surface area contributed by atoms with E-state index in [9.17, 15) is 4.79 Å². The second-order valence-electron chi connectivity index (χ2n) is 6.70. The molecule has 0 fully saturated rings. The summed E-state index contributed by atoms with van der Waals surface area (Å²) in [6.45, 7) is 0.336. The van der Waals surface area contributed by atoms with Gasteiger partial charge in [0.1, 0.15) is 17.6 Å². The molecule has 0 spiro atoms. The molecular weight excluding hydrogens is 382 g/mol. The van der Waals surface area contributed by atoms with Gasteiger partial charge in [-0.25, -0.2) is 14.8 Å². The van der Waals surface area contributed by atoms with Crippen molar-refractivity contribution in [2.24, 2.45) is 0 Å². The molecule has 0 aliphatic rings. The molecule has 0 aliphatic heterocycles. The summed E-state index contributed by atoms with van der Waals surface area (Å²) in [6, 6.07) is 14.9. The summed E-state index contributed by atoms with van der Waals surface area (Å²) in [4.78, 5) is 28.7. The number of nitrogens with zero attached hydrogens (tertiary/aromatic N) is 6. The maximum atomic E-state index is 12.5. The van der Waals surface area contributed by atoms with Crippen molar-refractivity contribution in [3.8, 4) is 17.8 Å². The standard InChI is InChI=1S/C21H15N7O2/c1-30-15-4-2-3-14(7-15)11-27-19-17(25-21(27)29)10-23-20(26-19)28-12-24-16-8-13(9-22)5-6-18(16)28/h2-8,10,12H,11H2,1H3,(H,25,29). The summed E-state index contributed by atoms with van der Waals surface area (Å²) in [5.74, 6) is 1.10. The number of methoxy groups -OCH3 is 1. The fourth-order valence-electron chi connectivity index (χ4n) is 3.39. The highest BCUT2D eigenvalue weighted by Crippen LogP contribution is 2.19. The molecule has 0 atom stereocenters. The zero-order chi connectivity index (χ0) is 20.7. The predicted molar refractivity (Wildman–Crippen MR) is 110 cm³/mol. The molecule has 3 aromatic heterocycles. The molecule has 0 saturated heterocycles. The van der Waals surface area contributed by atoms with Crippen LogP contribution in [0.2, 0.25) is 0 Å². The van der Waals surface area contributed by atoms with Gasteiger partial charge in [0.05, 0.1) is 42.5 Å². The number of hydrogen-bond acceptors (Lipinski definition) is 6. The van der Waals surface area contributed by atoms with Crippen LogP contribution in [0.15, 0.2) is 59.8 Å². The summed E-state index contributed by atoms with van der Waals surface area (Å²) < 4.78 is 8.55. The van der Waals surface area contributed by atoms with E-state index < -0.39 is 0 Å². The van der Waals surface area contributed by atoms with Gasteiger partial charge >= 0.3 is 5.69 Å². The molecule has 9 heteroatoms. The Morgan fingerprint density at radius 2 is 2.10 bits per heavy atom. The van der Waals surface area contributed by atoms with Gasteiger partial charge in [0.15, 0.2) is 5.65 Å². The summed E-state index contributed by atoms with van der Waals surface area (Å²) in [5.41, 5.74) is 3.64. The lowest BCUT2D eigenvalue weighted by atomic mass is 10.2. The zero-order valence-electron chi connectivity index (χ0n) is 15.9. The SMILES string of the molecule is COc1cccc(Cn2c(=O)[nH]c3cnc(-n4cnc5cc(C#N)ccc54)nc32)c1. The third-order valence-electron chi connectivity index (χ3n) is 4.86. The predicted octanol–water partition coefficient (Wildman–Crippen LogP) is 2.39. The molecule has 30 heavy (non-hydrogen) atoms. The second-order valence-corrected chi connectivity index (χ2v) is 6.70. The van der Waals surface area contributed by atoms with Crippen LogP contribution in [0.5, 0.6) is 5.75 Å². The maximum Gasteiger partial charge on any atom is 0.328 e. The van der Waals surface area contributed by atoms with Crippen LogP contribution >= 0.6 is 0 Å². The lowest BCUT2D eigenvalue weighted by molar-refractivity contribution is 0.414. The first-order valence-corrected chi connectivity index (χ1v) is 9.12. The number of aromatic amines is 1. The van der Waals surface area contributed by atoms with Crippen molar-refractivity contribution in [3.63, 3.8) is 0 Å². The number of hydrogen-bond donors (Lipinski definition) is 1. The Morgan fingerprint density at radius 3 is 2.93 bits per heavy atom. The van der Waals surface area contributed by atoms with E-state index in [1.54, 1.807) is 47.0 Å². The van der Waals surface area contributed by atoms with Crippen LogP contribution in [0.4, 0.5) is 0 Å². The average Bonchev–Trinajstić information content (AvgIpc) is 3.34. The number of imidazole rings is 2. The molecule has 146 valence electrons. The van der Waals surface area contributed by atoms with E-state index >= 15 is 0 Å². The second kappa shape index (κ2) is 6.86. The average molecular weight is 397 g/mol. The van der Waals surface area contributed by atoms with Crippen LogP contribution in [0.25, 0.3) is 28.1 Å². The number of H-pyrrole nitrogens is 1. The van der Waals surface area contributed by atoms with E-state index in [0.29, 0.717) is 34.7 Å². The number of nitriles is 1. The zero-order valence-corrected chi connectivity index (χ0v) is 15.9. The minimum absolute atomic E-state index is 0.270. The fraction of sp³-hybridized carbons (Fsp3) is 0.0952. The third kappa shape index (κ3) is 2.87. The van der Waals surface area contributed by atoms with E-state index in [-0.39, 0.29) is 5.69 Å². The molecule has 3 heterocycles. The van der Waals surface area contributed by atoms with E-state index in [1.807, 2.05) is 24.3 Å². The lowest BCUT2D eigenvalue weighted by Crippen LogP contribution is -2.18. The first kappa shape index (κ1) is 17.6. The molecule has 0 radical (unpaired) electrons. The van der Waals surface area contributed by atoms with Crippen LogP contribution in [0.3, 0.4) is 0 Å². The molecule has 0 amide bonds. The Morgan fingerprint density at radius 1 is 1.20 bits per heavy atom. The van der Waals surface area contributed by atoms with Gasteiger partial charge in [0.2, 0.25) is 5.95 Å². The summed E-state index contributed by atoms with van der Waals surface area (Å²) in [7, 11) is 1.60. The molecule has 0 unspecified atom stereocenters. The quantitative estimate of drug-likeness (QED) is 0.498. The van der Waals surface area contributed by atoms with Gasteiger partial charge in [-0.15, -0.1) is 0 Å². The summed E-state index contributed by atoms with van der Waals surface area (Å²) >= 11 is 0. The van der Waals surface area contributed by atoms with Crippen molar-refractivity contribution in [3.05, 3.63) is 76.6 Å². The number of nitrogens with one attached hydrogen (secondary N) is 1. The molecule has 5 aromatic rings. The van der Waals surface area contributed by atoms with Gasteiger partial charge in [-0.1, -0.05) is 12.1 Å². The van der Waals surface area contributed by atoms with Crippen molar-refractivity contribution >= 4 is 22.2 Å². The summed E-state index contributed by atoms with van der Waals surface area (Å²) in [6.07, 6.45) is 3.18. The van der Waals surface area contributed by atoms with Crippen molar-refractivity contribution in [1.82, 2.24) is 29.1 Å². The number of ether oxygens (including phenoxy) is 1. The minimum Gasteiger partial charge on any atom is -0.497 e. The van der Waals surface area contributed by atoms with E-state index in [0.717, 1.165) is 16.8 Å². The van der Waals surface area contributed by atoms with E-state index in [2.05, 4.69) is 26.0 Å². The molecule has 1 N–H and O–H groups in total. The number of rotatable bonds is 4. The molecular formula is C21H15N7O2. The highest BCUT2D eigenvalue weighted by Gasteiger charge is 2.14. The highest BCUT2D eigenvalue weighted by molar-refractivity contribution is 5.79. The molecule has 5 rings (SSSR count). The normalized spacial score (nSPS) is 11.1. The molecule has 2 aromatic carbocycles. The lowest BCUT2D eigenvalue weighted by Gasteiger charge is -2.07. The van der Waals surface area contributed by atoms with Gasteiger partial charge in [0, 0.05) is 0 Å². The Labute approximate surface area is 169 Å². The largest absolute Gasteiger partial charge is 0.497 e. The fourth-order valence-corrected chi connectivity index (χ4v) is 3.39. The Bertz CT molecular complexity index is 1500. The van der Waals surface area contributed by atoms with E-state index in [4.69, 9.17) is 10.00 Å². The first-order valence-electron chi connectivity index (χ1n) is 9.12. The van der Waals surface area contributed by atoms with Crippen LogP contribution in [-0.2, 0) is 6.54 Å². The first-order chi connectivity index (χ1) is 14.7. The van der Waals surface area contributed by atoms with Gasteiger partial charge in [-0.2, -0.15) is 10.2 Å². The molecule has 0 aliphatic carbocycles. The van der Waals surface area contributed by atoms with E-state index in [1.165, 1.54) is 0 Å². The van der Waals surface area contributed by atoms with Crippen LogP contribution in [-0.4, -0.2) is 36.2 Å². The van der Waals surface area contributed by atoms with Crippen LogP contribution in [0, 0.1) is 11.3 Å². The van der Waals surface area contributed by atoms with Gasteiger partial charge in [-0.05, 0) is 35.9 Å². The minimum atomic E-state index is -0.270. The van der Waals surface area contributed by atoms with Crippen molar-refractivity contribution in [2.45, 2.75) is 6.54 Å². The molecule has 9 nitrogen and oxygen atoms in total. The van der Waals surface area contributed by atoms with Crippen molar-refractivity contribution < 1.29 is 4.74 Å². The van der Waals surface area contributed by atoms with Gasteiger partial charge < -0.3 is 9.72 Å². The maximum absolute atomic E-state index is 12.5. The summed E-state index contributed by atoms with van der Waals surface area (Å²) in [5, 5.41) is 9.07. The van der Waals surface area contributed by atoms with Gasteiger partial charge in [-0.3, -0.25) is 9.13 Å². The van der Waals surface area contributed by atoms with Crippen molar-refractivity contribution in [1.29, 1.82) is 5.26 Å². The highest BCUT2D eigenvalue weighted by atomic mass is 16.5. The number of benzene rings is 2. The Kier molecular flexibility index (Phi) is 4.03. The number of aromatic nitrogens is 6. The van der Waals surface area contributed by atoms with Crippen molar-refractivity contribution in [2.75, 3.05) is 7.11 Å². The Balaban J connectivity index is 1.62. The van der Waals surface area contributed by atoms with Crippen LogP contribution < -0.4 is 10.4 Å².